The van der Waals surface area contributed by atoms with Crippen molar-refractivity contribution in [1.82, 2.24) is 10.2 Å². The van der Waals surface area contributed by atoms with Gasteiger partial charge in [-0.05, 0) is 58.5 Å². The van der Waals surface area contributed by atoms with E-state index in [2.05, 4.69) is 31.0 Å². The van der Waals surface area contributed by atoms with Gasteiger partial charge in [0.25, 0.3) is 0 Å². The standard InChI is InChI=1S/C14H28N2/c1-4-6-13-11-16(10-5-9-15-13)14(2,3)12-7-8-12/h12-13,15H,4-11H2,1-3H3. The highest BCUT2D eigenvalue weighted by Gasteiger charge is 2.42. The van der Waals surface area contributed by atoms with Crippen LogP contribution < -0.4 is 5.32 Å². The largest absolute Gasteiger partial charge is 0.313 e. The SMILES string of the molecule is CCCC1CN(C(C)(C)C2CC2)CCCN1. The van der Waals surface area contributed by atoms with E-state index >= 15 is 0 Å². The summed E-state index contributed by atoms with van der Waals surface area (Å²) in [6.45, 7) is 11.0. The minimum atomic E-state index is 0.442. The van der Waals surface area contributed by atoms with E-state index in [1.165, 1.54) is 51.7 Å². The van der Waals surface area contributed by atoms with Crippen LogP contribution in [0.15, 0.2) is 0 Å². The lowest BCUT2D eigenvalue weighted by molar-refractivity contribution is 0.0955. The first-order chi connectivity index (χ1) is 7.64. The highest BCUT2D eigenvalue weighted by atomic mass is 15.2. The number of nitrogens with zero attached hydrogens (tertiary/aromatic N) is 1. The Balaban J connectivity index is 1.96. The smallest absolute Gasteiger partial charge is 0.0195 e. The van der Waals surface area contributed by atoms with Gasteiger partial charge >= 0.3 is 0 Å². The molecule has 0 aromatic carbocycles. The van der Waals surface area contributed by atoms with Crippen molar-refractivity contribution in [2.24, 2.45) is 5.92 Å². The topological polar surface area (TPSA) is 15.3 Å². The van der Waals surface area contributed by atoms with Gasteiger partial charge in [0.15, 0.2) is 0 Å². The molecule has 0 amide bonds. The zero-order valence-electron chi connectivity index (χ0n) is 11.3. The molecule has 1 N–H and O–H groups in total. The summed E-state index contributed by atoms with van der Waals surface area (Å²) in [5, 5.41) is 3.70. The highest BCUT2D eigenvalue weighted by molar-refractivity contribution is 4.97. The average Bonchev–Trinajstić information content (AvgIpc) is 3.05. The maximum atomic E-state index is 3.70. The molecule has 2 rings (SSSR count). The van der Waals surface area contributed by atoms with Gasteiger partial charge in [-0.3, -0.25) is 4.90 Å². The first-order valence-corrected chi connectivity index (χ1v) is 7.13. The van der Waals surface area contributed by atoms with Gasteiger partial charge in [0.2, 0.25) is 0 Å². The molecule has 1 heterocycles. The summed E-state index contributed by atoms with van der Waals surface area (Å²) in [4.78, 5) is 2.75. The van der Waals surface area contributed by atoms with Crippen LogP contribution in [-0.4, -0.2) is 36.1 Å². The van der Waals surface area contributed by atoms with Crippen LogP contribution in [-0.2, 0) is 0 Å². The molecule has 1 aliphatic heterocycles. The molecular weight excluding hydrogens is 196 g/mol. The number of hydrogen-bond donors (Lipinski definition) is 1. The van der Waals surface area contributed by atoms with Crippen LogP contribution in [0.1, 0.15) is 52.9 Å². The van der Waals surface area contributed by atoms with Crippen molar-refractivity contribution in [3.8, 4) is 0 Å². The lowest BCUT2D eigenvalue weighted by Crippen LogP contribution is -2.49. The van der Waals surface area contributed by atoms with Crippen molar-refractivity contribution in [2.45, 2.75) is 64.5 Å². The Morgan fingerprint density at radius 3 is 2.69 bits per heavy atom. The van der Waals surface area contributed by atoms with Crippen molar-refractivity contribution in [2.75, 3.05) is 19.6 Å². The van der Waals surface area contributed by atoms with E-state index in [9.17, 15) is 0 Å². The molecule has 1 saturated heterocycles. The molecule has 2 nitrogen and oxygen atoms in total. The maximum Gasteiger partial charge on any atom is 0.0195 e. The molecule has 1 aliphatic carbocycles. The van der Waals surface area contributed by atoms with E-state index < -0.39 is 0 Å². The summed E-state index contributed by atoms with van der Waals surface area (Å²) in [5.41, 5.74) is 0.442. The zero-order valence-corrected chi connectivity index (χ0v) is 11.3. The molecule has 0 aromatic heterocycles. The van der Waals surface area contributed by atoms with Crippen molar-refractivity contribution >= 4 is 0 Å². The highest BCUT2D eigenvalue weighted by Crippen LogP contribution is 2.43. The molecule has 2 aliphatic rings. The van der Waals surface area contributed by atoms with Crippen molar-refractivity contribution in [3.63, 3.8) is 0 Å². The monoisotopic (exact) mass is 224 g/mol. The van der Waals surface area contributed by atoms with E-state index in [1.807, 2.05) is 0 Å². The minimum absolute atomic E-state index is 0.442. The zero-order chi connectivity index (χ0) is 11.6. The fourth-order valence-corrected chi connectivity index (χ4v) is 3.11. The van der Waals surface area contributed by atoms with Crippen molar-refractivity contribution in [3.05, 3.63) is 0 Å². The van der Waals surface area contributed by atoms with Crippen molar-refractivity contribution in [1.29, 1.82) is 0 Å². The van der Waals surface area contributed by atoms with Gasteiger partial charge in [-0.15, -0.1) is 0 Å². The number of rotatable bonds is 4. The Morgan fingerprint density at radius 2 is 2.06 bits per heavy atom. The van der Waals surface area contributed by atoms with Crippen LogP contribution in [0.5, 0.6) is 0 Å². The van der Waals surface area contributed by atoms with Gasteiger partial charge in [0, 0.05) is 18.1 Å². The van der Waals surface area contributed by atoms with Crippen LogP contribution >= 0.6 is 0 Å². The molecule has 1 saturated carbocycles. The summed E-state index contributed by atoms with van der Waals surface area (Å²) in [5.74, 6) is 0.966. The molecule has 2 fully saturated rings. The fourth-order valence-electron chi connectivity index (χ4n) is 3.11. The summed E-state index contributed by atoms with van der Waals surface area (Å²) in [6.07, 6.45) is 6.85. The van der Waals surface area contributed by atoms with E-state index in [0.29, 0.717) is 5.54 Å². The Hall–Kier alpha value is -0.0800. The quantitative estimate of drug-likeness (QED) is 0.790. The van der Waals surface area contributed by atoms with Crippen molar-refractivity contribution < 1.29 is 0 Å². The molecule has 0 aromatic rings. The predicted molar refractivity (Wildman–Crippen MR) is 69.7 cm³/mol. The average molecular weight is 224 g/mol. The van der Waals surface area contributed by atoms with Crippen LogP contribution in [0.4, 0.5) is 0 Å². The second-order valence-electron chi connectivity index (χ2n) is 6.17. The molecule has 2 heteroatoms. The van der Waals surface area contributed by atoms with Gasteiger partial charge in [-0.25, -0.2) is 0 Å². The van der Waals surface area contributed by atoms with E-state index in [0.717, 1.165) is 12.0 Å². The molecule has 0 spiro atoms. The van der Waals surface area contributed by atoms with Crippen LogP contribution in [0.3, 0.4) is 0 Å². The second-order valence-corrected chi connectivity index (χ2v) is 6.17. The summed E-state index contributed by atoms with van der Waals surface area (Å²) >= 11 is 0. The number of nitrogens with one attached hydrogen (secondary N) is 1. The predicted octanol–water partition coefficient (Wildman–Crippen LogP) is 2.64. The fraction of sp³-hybridized carbons (Fsp3) is 1.00. The van der Waals surface area contributed by atoms with Gasteiger partial charge < -0.3 is 5.32 Å². The molecule has 16 heavy (non-hydrogen) atoms. The van der Waals surface area contributed by atoms with Crippen LogP contribution in [0.25, 0.3) is 0 Å². The molecule has 94 valence electrons. The van der Waals surface area contributed by atoms with Gasteiger partial charge in [-0.2, -0.15) is 0 Å². The van der Waals surface area contributed by atoms with E-state index in [1.54, 1.807) is 0 Å². The van der Waals surface area contributed by atoms with Crippen LogP contribution in [0, 0.1) is 5.92 Å². The van der Waals surface area contributed by atoms with E-state index in [-0.39, 0.29) is 0 Å². The van der Waals surface area contributed by atoms with Gasteiger partial charge in [0.05, 0.1) is 0 Å². The molecule has 1 atom stereocenters. The van der Waals surface area contributed by atoms with Gasteiger partial charge in [-0.1, -0.05) is 13.3 Å². The molecule has 1 unspecified atom stereocenters. The lowest BCUT2D eigenvalue weighted by atomic mass is 9.95. The summed E-state index contributed by atoms with van der Waals surface area (Å²) in [7, 11) is 0. The van der Waals surface area contributed by atoms with E-state index in [4.69, 9.17) is 0 Å². The normalized spacial score (nSPS) is 29.1. The van der Waals surface area contributed by atoms with Gasteiger partial charge in [0.1, 0.15) is 0 Å². The Morgan fingerprint density at radius 1 is 1.31 bits per heavy atom. The summed E-state index contributed by atoms with van der Waals surface area (Å²) < 4.78 is 0. The first-order valence-electron chi connectivity index (χ1n) is 7.13. The number of hydrogen-bond acceptors (Lipinski definition) is 2. The summed E-state index contributed by atoms with van der Waals surface area (Å²) in [6, 6.07) is 0.727. The lowest BCUT2D eigenvalue weighted by Gasteiger charge is -2.39. The third-order valence-corrected chi connectivity index (χ3v) is 4.51. The Labute approximate surface area is 101 Å². The molecule has 0 radical (unpaired) electrons. The second kappa shape index (κ2) is 5.05. The Bertz CT molecular complexity index is 221. The molecule has 0 bridgehead atoms. The Kier molecular flexibility index (Phi) is 3.91. The minimum Gasteiger partial charge on any atom is -0.313 e. The third-order valence-electron chi connectivity index (χ3n) is 4.51. The molecular formula is C14H28N2. The maximum absolute atomic E-state index is 3.70. The third kappa shape index (κ3) is 2.78. The van der Waals surface area contributed by atoms with Crippen LogP contribution in [0.2, 0.25) is 0 Å². The first kappa shape index (κ1) is 12.4.